The van der Waals surface area contributed by atoms with Gasteiger partial charge in [-0.1, -0.05) is 66.7 Å². The Kier molecular flexibility index (Phi) is 7.22. The van der Waals surface area contributed by atoms with Gasteiger partial charge in [0.15, 0.2) is 0 Å². The molecule has 4 aromatic rings. The normalized spacial score (nSPS) is 18.0. The molecular formula is C30H26FNO6S. The van der Waals surface area contributed by atoms with Crippen LogP contribution in [0.3, 0.4) is 0 Å². The number of phenols is 1. The highest BCUT2D eigenvalue weighted by Gasteiger charge is 2.49. The lowest BCUT2D eigenvalue weighted by molar-refractivity contribution is -0.131. The molecule has 1 aliphatic heterocycles. The Balaban J connectivity index is 1.49. The smallest absolute Gasteiger partial charge is 0.295 e. The van der Waals surface area contributed by atoms with E-state index < -0.39 is 34.0 Å². The van der Waals surface area contributed by atoms with Crippen LogP contribution in [0.5, 0.6) is 5.75 Å². The topological polar surface area (TPSA) is 115 Å². The molecule has 39 heavy (non-hydrogen) atoms. The molecule has 0 radical (unpaired) electrons. The second kappa shape index (κ2) is 10.6. The summed E-state index contributed by atoms with van der Waals surface area (Å²) in [4.78, 5) is 14.4. The zero-order valence-corrected chi connectivity index (χ0v) is 21.5. The van der Waals surface area contributed by atoms with Gasteiger partial charge in [0, 0.05) is 16.8 Å². The molecule has 1 heterocycles. The number of carbonyl (C=O) groups is 1. The summed E-state index contributed by atoms with van der Waals surface area (Å²) in [5, 5.41) is 21.8. The number of amides is 1. The van der Waals surface area contributed by atoms with Crippen LogP contribution >= 0.6 is 0 Å². The van der Waals surface area contributed by atoms with Crippen molar-refractivity contribution in [3.8, 4) is 16.9 Å². The lowest BCUT2D eigenvalue weighted by Gasteiger charge is -2.48. The summed E-state index contributed by atoms with van der Waals surface area (Å²) in [5.74, 6) is -1.55. The van der Waals surface area contributed by atoms with Crippen LogP contribution in [0.25, 0.3) is 11.1 Å². The number of halogens is 1. The third-order valence-corrected chi connectivity index (χ3v) is 7.97. The first-order valence-electron chi connectivity index (χ1n) is 12.4. The van der Waals surface area contributed by atoms with Crippen LogP contribution < -0.4 is 4.90 Å². The highest BCUT2D eigenvalue weighted by molar-refractivity contribution is 7.86. The number of aliphatic hydroxyl groups excluding tert-OH is 1. The van der Waals surface area contributed by atoms with Crippen molar-refractivity contribution in [2.75, 3.05) is 4.90 Å². The van der Waals surface area contributed by atoms with Crippen molar-refractivity contribution in [3.63, 3.8) is 0 Å². The second-order valence-corrected chi connectivity index (χ2v) is 10.9. The van der Waals surface area contributed by atoms with Crippen molar-refractivity contribution in [1.82, 2.24) is 0 Å². The van der Waals surface area contributed by atoms with Crippen molar-refractivity contribution in [1.29, 1.82) is 0 Å². The molecule has 1 saturated heterocycles. The van der Waals surface area contributed by atoms with E-state index in [9.17, 15) is 32.4 Å². The van der Waals surface area contributed by atoms with Crippen LogP contribution in [0, 0.1) is 11.7 Å². The fourth-order valence-electron chi connectivity index (χ4n) is 5.17. The van der Waals surface area contributed by atoms with E-state index in [0.29, 0.717) is 29.7 Å². The predicted octanol–water partition coefficient (Wildman–Crippen LogP) is 5.66. The SMILES string of the molecule is O=C1C(CCC(O)c2ccccc2)C(c2ccc(-c3ccccc3S(=O)(=O)O)cc2O)N1c1cccc(F)c1. The number of hydrogen-bond donors (Lipinski definition) is 3. The van der Waals surface area contributed by atoms with Gasteiger partial charge in [0.2, 0.25) is 5.91 Å². The molecule has 0 spiro atoms. The van der Waals surface area contributed by atoms with Crippen LogP contribution in [0.2, 0.25) is 0 Å². The zero-order chi connectivity index (χ0) is 27.7. The monoisotopic (exact) mass is 547 g/mol. The Hall–Kier alpha value is -4.05. The summed E-state index contributed by atoms with van der Waals surface area (Å²) in [6.07, 6.45) is -0.164. The minimum atomic E-state index is -4.51. The molecule has 0 saturated carbocycles. The average Bonchev–Trinajstić information content (AvgIpc) is 2.92. The number of hydrogen-bond acceptors (Lipinski definition) is 5. The van der Waals surface area contributed by atoms with E-state index in [1.807, 2.05) is 18.2 Å². The number of phenolic OH excluding ortho intramolecular Hbond substituents is 1. The number of carbonyl (C=O) groups excluding carboxylic acids is 1. The summed E-state index contributed by atoms with van der Waals surface area (Å²) >= 11 is 0. The van der Waals surface area contributed by atoms with Gasteiger partial charge < -0.3 is 15.1 Å². The summed E-state index contributed by atoms with van der Waals surface area (Å²) in [6.45, 7) is 0. The molecule has 1 aliphatic rings. The Labute approximate surface area is 225 Å². The number of aromatic hydroxyl groups is 1. The minimum Gasteiger partial charge on any atom is -0.508 e. The van der Waals surface area contributed by atoms with E-state index in [0.717, 1.165) is 5.56 Å². The predicted molar refractivity (Wildman–Crippen MR) is 144 cm³/mol. The number of β-lactam (4-membered cyclic amide) rings is 1. The molecule has 1 amide bonds. The number of anilines is 1. The molecule has 3 unspecified atom stereocenters. The first-order valence-corrected chi connectivity index (χ1v) is 13.8. The van der Waals surface area contributed by atoms with Crippen molar-refractivity contribution < 1.29 is 32.4 Å². The largest absolute Gasteiger partial charge is 0.508 e. The molecule has 4 aromatic carbocycles. The Morgan fingerprint density at radius 3 is 2.31 bits per heavy atom. The average molecular weight is 548 g/mol. The van der Waals surface area contributed by atoms with Gasteiger partial charge in [0.1, 0.15) is 16.5 Å². The number of aliphatic hydroxyl groups is 1. The van der Waals surface area contributed by atoms with Gasteiger partial charge in [0.25, 0.3) is 10.1 Å². The minimum absolute atomic E-state index is 0.190. The van der Waals surface area contributed by atoms with Crippen molar-refractivity contribution in [3.05, 3.63) is 114 Å². The van der Waals surface area contributed by atoms with Crippen molar-refractivity contribution in [2.24, 2.45) is 5.92 Å². The van der Waals surface area contributed by atoms with Crippen LogP contribution in [0.1, 0.15) is 36.1 Å². The van der Waals surface area contributed by atoms with Crippen LogP contribution in [0.4, 0.5) is 10.1 Å². The summed E-state index contributed by atoms with van der Waals surface area (Å²) < 4.78 is 47.4. The van der Waals surface area contributed by atoms with Gasteiger partial charge in [-0.2, -0.15) is 8.42 Å². The first kappa shape index (κ1) is 26.6. The third kappa shape index (κ3) is 5.29. The summed E-state index contributed by atoms with van der Waals surface area (Å²) in [5.41, 5.74) is 2.02. The summed E-state index contributed by atoms with van der Waals surface area (Å²) in [6, 6.07) is 24.5. The fourth-order valence-corrected chi connectivity index (χ4v) is 5.88. The lowest BCUT2D eigenvalue weighted by Crippen LogP contribution is -2.55. The van der Waals surface area contributed by atoms with Gasteiger partial charge in [-0.15, -0.1) is 0 Å². The Bertz CT molecular complexity index is 1630. The first-order chi connectivity index (χ1) is 18.6. The molecule has 9 heteroatoms. The van der Waals surface area contributed by atoms with E-state index in [2.05, 4.69) is 0 Å². The Morgan fingerprint density at radius 2 is 1.62 bits per heavy atom. The van der Waals surface area contributed by atoms with Crippen molar-refractivity contribution >= 4 is 21.7 Å². The lowest BCUT2D eigenvalue weighted by atomic mass is 9.77. The highest BCUT2D eigenvalue weighted by Crippen LogP contribution is 2.49. The molecule has 1 fully saturated rings. The fraction of sp³-hybridized carbons (Fsp3) is 0.167. The van der Waals surface area contributed by atoms with Crippen LogP contribution in [-0.2, 0) is 14.9 Å². The quantitative estimate of drug-likeness (QED) is 0.194. The standard InChI is InChI=1S/C30H26FNO6S/c31-21-9-6-10-22(18-21)32-29(25(30(32)35)15-16-26(33)19-7-2-1-3-8-19)24-14-13-20(17-27(24)34)23-11-4-5-12-28(23)39(36,37)38/h1-14,17-18,25-26,29,33-34H,15-16H2,(H,36,37,38). The van der Waals surface area contributed by atoms with Gasteiger partial charge in [-0.3, -0.25) is 9.35 Å². The molecule has 0 aromatic heterocycles. The van der Waals surface area contributed by atoms with Crippen molar-refractivity contribution in [2.45, 2.75) is 29.9 Å². The van der Waals surface area contributed by atoms with Crippen LogP contribution in [0.15, 0.2) is 102 Å². The molecule has 0 bridgehead atoms. The molecule has 0 aliphatic carbocycles. The molecule has 7 nitrogen and oxygen atoms in total. The highest BCUT2D eigenvalue weighted by atomic mass is 32.2. The Morgan fingerprint density at radius 1 is 0.897 bits per heavy atom. The number of benzene rings is 4. The van der Waals surface area contributed by atoms with E-state index in [1.165, 1.54) is 47.4 Å². The number of nitrogens with zero attached hydrogens (tertiary/aromatic N) is 1. The van der Waals surface area contributed by atoms with E-state index in [-0.39, 0.29) is 22.1 Å². The third-order valence-electron chi connectivity index (χ3n) is 7.06. The maximum atomic E-state index is 14.0. The molecule has 3 atom stereocenters. The van der Waals surface area contributed by atoms with E-state index in [4.69, 9.17) is 0 Å². The van der Waals surface area contributed by atoms with E-state index in [1.54, 1.807) is 36.4 Å². The van der Waals surface area contributed by atoms with Gasteiger partial charge in [-0.05, 0) is 54.3 Å². The maximum absolute atomic E-state index is 14.0. The molecule has 5 rings (SSSR count). The maximum Gasteiger partial charge on any atom is 0.295 e. The molecule has 3 N–H and O–H groups in total. The zero-order valence-electron chi connectivity index (χ0n) is 20.7. The van der Waals surface area contributed by atoms with Crippen LogP contribution in [-0.4, -0.2) is 29.1 Å². The summed E-state index contributed by atoms with van der Waals surface area (Å²) in [7, 11) is -4.51. The van der Waals surface area contributed by atoms with E-state index >= 15 is 0 Å². The number of rotatable bonds is 8. The molecular weight excluding hydrogens is 521 g/mol. The van der Waals surface area contributed by atoms with Gasteiger partial charge >= 0.3 is 0 Å². The molecule has 200 valence electrons. The van der Waals surface area contributed by atoms with Gasteiger partial charge in [0.05, 0.1) is 18.1 Å². The second-order valence-electron chi connectivity index (χ2n) is 9.49. The van der Waals surface area contributed by atoms with Gasteiger partial charge in [-0.25, -0.2) is 4.39 Å².